The molecular formula is C35H43F. The number of fused-ring (bicyclic) bond motifs is 1. The third-order valence-corrected chi connectivity index (χ3v) is 8.24. The van der Waals surface area contributed by atoms with E-state index in [0.717, 1.165) is 33.9 Å². The average molecular weight is 483 g/mol. The normalized spacial score (nSPS) is 17.6. The summed E-state index contributed by atoms with van der Waals surface area (Å²) in [5.74, 6) is 8.35. The molecule has 1 aliphatic rings. The SMILES string of the molecule is CCCCCCCC1CCC(CCc2ccc(C#Cc3ccc4c(F)c(CC)ccc4c3)cc2)CC1. The molecule has 0 bridgehead atoms. The Morgan fingerprint density at radius 3 is 2.11 bits per heavy atom. The summed E-state index contributed by atoms with van der Waals surface area (Å²) in [7, 11) is 0. The Labute approximate surface area is 218 Å². The summed E-state index contributed by atoms with van der Waals surface area (Å²) in [5.41, 5.74) is 4.14. The molecule has 36 heavy (non-hydrogen) atoms. The molecule has 0 atom stereocenters. The van der Waals surface area contributed by atoms with Gasteiger partial charge in [-0.2, -0.15) is 0 Å². The Bertz CT molecular complexity index is 1150. The molecule has 0 unspecified atom stereocenters. The third kappa shape index (κ3) is 7.46. The lowest BCUT2D eigenvalue weighted by molar-refractivity contribution is 0.248. The zero-order chi connectivity index (χ0) is 25.2. The first kappa shape index (κ1) is 26.5. The van der Waals surface area contributed by atoms with Crippen LogP contribution in [-0.2, 0) is 12.8 Å². The number of hydrogen-bond acceptors (Lipinski definition) is 0. The van der Waals surface area contributed by atoms with Crippen molar-refractivity contribution in [3.05, 3.63) is 82.7 Å². The van der Waals surface area contributed by atoms with Crippen molar-refractivity contribution in [2.45, 2.75) is 97.3 Å². The smallest absolute Gasteiger partial charge is 0.134 e. The molecule has 1 saturated carbocycles. The van der Waals surface area contributed by atoms with Crippen LogP contribution in [0.3, 0.4) is 0 Å². The maximum atomic E-state index is 14.5. The fourth-order valence-corrected chi connectivity index (χ4v) is 5.80. The van der Waals surface area contributed by atoms with E-state index in [1.54, 1.807) is 0 Å². The van der Waals surface area contributed by atoms with Gasteiger partial charge in [0.25, 0.3) is 0 Å². The molecule has 0 heterocycles. The highest BCUT2D eigenvalue weighted by molar-refractivity contribution is 5.85. The molecule has 0 aromatic heterocycles. The quantitative estimate of drug-likeness (QED) is 0.199. The van der Waals surface area contributed by atoms with Crippen LogP contribution in [0.5, 0.6) is 0 Å². The molecule has 1 aliphatic carbocycles. The summed E-state index contributed by atoms with van der Waals surface area (Å²) in [6.07, 6.45) is 17.5. The summed E-state index contributed by atoms with van der Waals surface area (Å²) in [6.45, 7) is 4.28. The highest BCUT2D eigenvalue weighted by Gasteiger charge is 2.20. The van der Waals surface area contributed by atoms with E-state index in [4.69, 9.17) is 0 Å². The monoisotopic (exact) mass is 482 g/mol. The first-order valence-electron chi connectivity index (χ1n) is 14.5. The molecule has 0 nitrogen and oxygen atoms in total. The molecule has 0 aliphatic heterocycles. The van der Waals surface area contributed by atoms with E-state index in [9.17, 15) is 4.39 Å². The van der Waals surface area contributed by atoms with Gasteiger partial charge in [-0.25, -0.2) is 4.39 Å². The first-order chi connectivity index (χ1) is 17.7. The van der Waals surface area contributed by atoms with Crippen LogP contribution >= 0.6 is 0 Å². The molecule has 3 aromatic carbocycles. The van der Waals surface area contributed by atoms with Gasteiger partial charge in [0.2, 0.25) is 0 Å². The summed E-state index contributed by atoms with van der Waals surface area (Å²) in [6, 6.07) is 18.4. The zero-order valence-corrected chi connectivity index (χ0v) is 22.4. The van der Waals surface area contributed by atoms with E-state index < -0.39 is 0 Å². The number of unbranched alkanes of at least 4 members (excludes halogenated alkanes) is 4. The maximum Gasteiger partial charge on any atom is 0.134 e. The summed E-state index contributed by atoms with van der Waals surface area (Å²) >= 11 is 0. The number of hydrogen-bond donors (Lipinski definition) is 0. The minimum Gasteiger partial charge on any atom is -0.206 e. The molecule has 0 radical (unpaired) electrons. The zero-order valence-electron chi connectivity index (χ0n) is 22.4. The van der Waals surface area contributed by atoms with E-state index in [1.807, 2.05) is 37.3 Å². The van der Waals surface area contributed by atoms with Gasteiger partial charge in [0.05, 0.1) is 0 Å². The van der Waals surface area contributed by atoms with Crippen molar-refractivity contribution >= 4 is 10.8 Å². The lowest BCUT2D eigenvalue weighted by Crippen LogP contribution is -2.15. The molecular weight excluding hydrogens is 439 g/mol. The average Bonchev–Trinajstić information content (AvgIpc) is 2.92. The molecule has 4 rings (SSSR count). The van der Waals surface area contributed by atoms with Crippen LogP contribution in [0.25, 0.3) is 10.8 Å². The topological polar surface area (TPSA) is 0 Å². The van der Waals surface area contributed by atoms with Crippen molar-refractivity contribution in [2.24, 2.45) is 11.8 Å². The number of halogens is 1. The van der Waals surface area contributed by atoms with E-state index in [2.05, 4.69) is 43.0 Å². The van der Waals surface area contributed by atoms with Crippen LogP contribution in [0.2, 0.25) is 0 Å². The Morgan fingerprint density at radius 1 is 0.722 bits per heavy atom. The Balaban J connectivity index is 1.23. The summed E-state index contributed by atoms with van der Waals surface area (Å²) in [5, 5.41) is 1.59. The van der Waals surface area contributed by atoms with Gasteiger partial charge in [0.15, 0.2) is 0 Å². The maximum absolute atomic E-state index is 14.5. The Morgan fingerprint density at radius 2 is 1.39 bits per heavy atom. The Kier molecular flexibility index (Phi) is 10.0. The number of benzene rings is 3. The fourth-order valence-electron chi connectivity index (χ4n) is 5.80. The third-order valence-electron chi connectivity index (χ3n) is 8.24. The van der Waals surface area contributed by atoms with Crippen LogP contribution in [0.4, 0.5) is 4.39 Å². The number of aryl methyl sites for hydroxylation is 2. The minimum atomic E-state index is -0.101. The van der Waals surface area contributed by atoms with Crippen LogP contribution in [-0.4, -0.2) is 0 Å². The molecule has 0 amide bonds. The summed E-state index contributed by atoms with van der Waals surface area (Å²) in [4.78, 5) is 0. The van der Waals surface area contributed by atoms with Crippen molar-refractivity contribution in [2.75, 3.05) is 0 Å². The summed E-state index contributed by atoms with van der Waals surface area (Å²) < 4.78 is 14.5. The van der Waals surface area contributed by atoms with Gasteiger partial charge in [-0.05, 0) is 71.9 Å². The van der Waals surface area contributed by atoms with Crippen LogP contribution < -0.4 is 0 Å². The Hall–Kier alpha value is -2.59. The predicted molar refractivity (Wildman–Crippen MR) is 153 cm³/mol. The molecule has 1 heteroatoms. The van der Waals surface area contributed by atoms with Crippen LogP contribution in [0.1, 0.15) is 107 Å². The van der Waals surface area contributed by atoms with Gasteiger partial charge < -0.3 is 0 Å². The van der Waals surface area contributed by atoms with Gasteiger partial charge in [0.1, 0.15) is 5.82 Å². The number of rotatable bonds is 10. The van der Waals surface area contributed by atoms with Crippen molar-refractivity contribution < 1.29 is 4.39 Å². The van der Waals surface area contributed by atoms with Crippen LogP contribution in [0, 0.1) is 29.5 Å². The second-order valence-electron chi connectivity index (χ2n) is 10.9. The lowest BCUT2D eigenvalue weighted by atomic mass is 9.77. The van der Waals surface area contributed by atoms with E-state index in [1.165, 1.54) is 82.6 Å². The largest absolute Gasteiger partial charge is 0.206 e. The highest BCUT2D eigenvalue weighted by Crippen LogP contribution is 2.34. The molecule has 0 saturated heterocycles. The second-order valence-corrected chi connectivity index (χ2v) is 10.9. The van der Waals surface area contributed by atoms with Gasteiger partial charge in [-0.1, -0.05) is 120 Å². The molecule has 3 aromatic rings. The predicted octanol–water partition coefficient (Wildman–Crippen LogP) is 10.0. The van der Waals surface area contributed by atoms with Crippen LogP contribution in [0.15, 0.2) is 54.6 Å². The van der Waals surface area contributed by atoms with Gasteiger partial charge in [0, 0.05) is 16.5 Å². The lowest BCUT2D eigenvalue weighted by Gasteiger charge is -2.28. The first-order valence-corrected chi connectivity index (χ1v) is 14.5. The fraction of sp³-hybridized carbons (Fsp3) is 0.486. The molecule has 0 spiro atoms. The molecule has 1 fully saturated rings. The molecule has 0 N–H and O–H groups in total. The van der Waals surface area contributed by atoms with Gasteiger partial charge in [-0.3, -0.25) is 0 Å². The van der Waals surface area contributed by atoms with E-state index in [-0.39, 0.29) is 5.82 Å². The second kappa shape index (κ2) is 13.6. The van der Waals surface area contributed by atoms with Gasteiger partial charge >= 0.3 is 0 Å². The minimum absolute atomic E-state index is 0.101. The van der Waals surface area contributed by atoms with Gasteiger partial charge in [-0.15, -0.1) is 0 Å². The standard InChI is InChI=1S/C35H43F/c1-3-5-6-7-8-9-27-10-12-28(13-11-27)14-15-29-16-18-30(19-17-29)20-21-31-22-25-34-33(26-31)24-23-32(4-2)35(34)36/h16-19,22-28H,3-15H2,1-2H3. The highest BCUT2D eigenvalue weighted by atomic mass is 19.1. The van der Waals surface area contributed by atoms with E-state index >= 15 is 0 Å². The van der Waals surface area contributed by atoms with Crippen molar-refractivity contribution in [1.29, 1.82) is 0 Å². The van der Waals surface area contributed by atoms with Crippen molar-refractivity contribution in [3.8, 4) is 11.8 Å². The van der Waals surface area contributed by atoms with E-state index in [0.29, 0.717) is 11.8 Å². The molecule has 190 valence electrons. The van der Waals surface area contributed by atoms with Crippen molar-refractivity contribution in [1.82, 2.24) is 0 Å². The van der Waals surface area contributed by atoms with Crippen molar-refractivity contribution in [3.63, 3.8) is 0 Å².